The van der Waals surface area contributed by atoms with E-state index in [1.807, 2.05) is 0 Å². The van der Waals surface area contributed by atoms with Crippen molar-refractivity contribution in [3.63, 3.8) is 0 Å². The van der Waals surface area contributed by atoms with Gasteiger partial charge in [0, 0.05) is 0 Å². The topological polar surface area (TPSA) is 0 Å². The van der Waals surface area contributed by atoms with E-state index in [2.05, 4.69) is 3.71 Å². The summed E-state index contributed by atoms with van der Waals surface area (Å²) in [6, 6.07) is 0. The van der Waals surface area contributed by atoms with Crippen LogP contribution < -0.4 is 0 Å². The van der Waals surface area contributed by atoms with E-state index < -0.39 is 0 Å². The summed E-state index contributed by atoms with van der Waals surface area (Å²) >= 11 is 0.0355. The Kier molecular flexibility index (Phi) is 1.59. The van der Waals surface area contributed by atoms with Gasteiger partial charge in [0.25, 0.3) is 0 Å². The zero-order chi connectivity index (χ0) is 3.54. The molecule has 0 N–H and O–H groups in total. The van der Waals surface area contributed by atoms with Gasteiger partial charge >= 0.3 is 43.4 Å². The molecule has 5 heavy (non-hydrogen) atoms. The molecule has 1 heteroatoms. The van der Waals surface area contributed by atoms with E-state index in [4.69, 9.17) is 0 Å². The fraction of sp³-hybridized carbons (Fsp3) is 0.750. The summed E-state index contributed by atoms with van der Waals surface area (Å²) in [5, 5.41) is 0. The van der Waals surface area contributed by atoms with Crippen LogP contribution in [-0.2, 0) is 0 Å². The number of hydrogen-bond donors (Lipinski definition) is 0. The minimum absolute atomic E-state index is 0.0355. The summed E-state index contributed by atoms with van der Waals surface area (Å²) < 4.78 is 4.19. The average Bonchev–Trinajstić information content (AvgIpc) is 1.76. The van der Waals surface area contributed by atoms with Crippen LogP contribution >= 0.6 is 0 Å². The van der Waals surface area contributed by atoms with Crippen molar-refractivity contribution < 1.29 is 0 Å². The van der Waals surface area contributed by atoms with Crippen molar-refractivity contribution in [3.05, 3.63) is 0 Å². The molecule has 1 rings (SSSR count). The summed E-state index contributed by atoms with van der Waals surface area (Å²) in [5.74, 6) is 0. The van der Waals surface area contributed by atoms with Crippen LogP contribution in [0.5, 0.6) is 0 Å². The molecule has 0 nitrogen and oxygen atoms in total. The molecule has 0 saturated carbocycles. The first kappa shape index (κ1) is 3.93. The van der Waals surface area contributed by atoms with Crippen LogP contribution in [0.25, 0.3) is 0 Å². The van der Waals surface area contributed by atoms with Crippen LogP contribution in [0, 0.1) is 0 Å². The number of hydrogen-bond acceptors (Lipinski definition) is 0. The third-order valence-corrected chi connectivity index (χ3v) is 5.56. The van der Waals surface area contributed by atoms with Gasteiger partial charge in [0.2, 0.25) is 0 Å². The number of rotatable bonds is 0. The maximum atomic E-state index is 2.56. The summed E-state index contributed by atoms with van der Waals surface area (Å²) in [5.41, 5.74) is 0. The molecule has 30 valence electrons. The van der Waals surface area contributed by atoms with Crippen LogP contribution in [0.2, 0.25) is 4.13 Å². The molecule has 0 aromatic carbocycles. The Balaban J connectivity index is 2.32. The van der Waals surface area contributed by atoms with E-state index in [0.29, 0.717) is 0 Å². The second-order valence-corrected chi connectivity index (χ2v) is 6.42. The van der Waals surface area contributed by atoms with Crippen molar-refractivity contribution in [2.24, 2.45) is 0 Å². The van der Waals surface area contributed by atoms with E-state index in [9.17, 15) is 0 Å². The molecule has 0 fully saturated rings. The van der Waals surface area contributed by atoms with Crippen LogP contribution in [0.3, 0.4) is 0 Å². The Labute approximate surface area is 43.6 Å². The summed E-state index contributed by atoms with van der Waals surface area (Å²) in [7, 11) is 0. The Hall–Kier alpha value is 0.753. The van der Waals surface area contributed by atoms with E-state index in [1.165, 1.54) is 12.8 Å². The van der Waals surface area contributed by atoms with Crippen molar-refractivity contribution >= 4 is 26.5 Å². The van der Waals surface area contributed by atoms with Crippen LogP contribution in [0.4, 0.5) is 0 Å². The molecule has 1 heterocycles. The molecule has 0 aromatic rings. The summed E-state index contributed by atoms with van der Waals surface area (Å²) in [6.45, 7) is 0. The van der Waals surface area contributed by atoms with Gasteiger partial charge in [-0.15, -0.1) is 0 Å². The third-order valence-electron chi connectivity index (χ3n) is 0.814. The van der Waals surface area contributed by atoms with Gasteiger partial charge < -0.3 is 0 Å². The first-order chi connectivity index (χ1) is 2.50. The molecule has 1 aliphatic rings. The Morgan fingerprint density at radius 1 is 1.60 bits per heavy atom. The van der Waals surface area contributed by atoms with Gasteiger partial charge in [0.1, 0.15) is 0 Å². The zero-order valence-corrected chi connectivity index (χ0v) is 7.09. The van der Waals surface area contributed by atoms with Gasteiger partial charge in [-0.1, -0.05) is 0 Å². The van der Waals surface area contributed by atoms with Gasteiger partial charge in [-0.3, -0.25) is 0 Å². The molecule has 1 aliphatic heterocycles. The van der Waals surface area contributed by atoms with Crippen molar-refractivity contribution in [2.45, 2.75) is 17.0 Å². The monoisotopic (exact) mass is 265 g/mol. The second-order valence-electron chi connectivity index (χ2n) is 1.30. The van der Waals surface area contributed by atoms with Gasteiger partial charge in [-0.05, 0) is 0 Å². The Morgan fingerprint density at radius 3 is 2.80 bits per heavy atom. The molecule has 0 spiro atoms. The maximum absolute atomic E-state index is 2.56. The molecule has 0 amide bonds. The third kappa shape index (κ3) is 1.09. The molecule has 0 aliphatic carbocycles. The zero-order valence-electron chi connectivity index (χ0n) is 3.20. The molecule has 0 unspecified atom stereocenters. The Bertz CT molecular complexity index is 41.6. The first-order valence-corrected chi connectivity index (χ1v) is 7.04. The molecule has 0 bridgehead atoms. The van der Waals surface area contributed by atoms with Crippen molar-refractivity contribution in [1.29, 1.82) is 0 Å². The van der Waals surface area contributed by atoms with Crippen LogP contribution in [0.1, 0.15) is 12.8 Å². The van der Waals surface area contributed by atoms with Crippen LogP contribution in [-0.4, -0.2) is 26.5 Å². The first-order valence-electron chi connectivity index (χ1n) is 2.05. The predicted octanol–water partition coefficient (Wildman–Crippen LogP) is 0.437. The van der Waals surface area contributed by atoms with Gasteiger partial charge in [-0.25, -0.2) is 0 Å². The van der Waals surface area contributed by atoms with E-state index >= 15 is 0 Å². The molecule has 0 atom stereocenters. The van der Waals surface area contributed by atoms with Crippen molar-refractivity contribution in [3.8, 4) is 0 Å². The normalized spacial score (nSPS) is 22.4. The van der Waals surface area contributed by atoms with Crippen LogP contribution in [0.15, 0.2) is 0 Å². The second kappa shape index (κ2) is 2.02. The molecule has 0 aromatic heterocycles. The van der Waals surface area contributed by atoms with E-state index in [1.54, 1.807) is 4.13 Å². The standard InChI is InChI=1S/C4H7.Bi.H/c1-3-4-2;;/h1H,2-4H2;;/q;-1;. The Morgan fingerprint density at radius 2 is 2.60 bits per heavy atom. The fourth-order valence-corrected chi connectivity index (χ4v) is 4.48. The van der Waals surface area contributed by atoms with Crippen molar-refractivity contribution in [1.82, 2.24) is 0 Å². The van der Waals surface area contributed by atoms with Gasteiger partial charge in [-0.2, -0.15) is 0 Å². The molecular formula is C4H8Bi-. The van der Waals surface area contributed by atoms with E-state index in [-0.39, 0.29) is 22.8 Å². The van der Waals surface area contributed by atoms with E-state index in [0.717, 1.165) is 0 Å². The molecule has 0 radical (unpaired) electrons. The summed E-state index contributed by atoms with van der Waals surface area (Å²) in [6.07, 6.45) is 2.99. The molecular weight excluding hydrogens is 257 g/mol. The summed E-state index contributed by atoms with van der Waals surface area (Å²) in [4.78, 5) is 0. The fourth-order valence-electron chi connectivity index (χ4n) is 0.510. The van der Waals surface area contributed by atoms with Gasteiger partial charge in [0.05, 0.1) is 0 Å². The predicted molar refractivity (Wildman–Crippen MR) is 27.3 cm³/mol. The molecule has 0 saturated heterocycles. The quantitative estimate of drug-likeness (QED) is 0.557. The van der Waals surface area contributed by atoms with Gasteiger partial charge in [0.15, 0.2) is 0 Å². The van der Waals surface area contributed by atoms with Crippen molar-refractivity contribution in [2.75, 3.05) is 0 Å². The SMILES string of the molecule is [CH]1=[BiH-][CH2]CC1. The average molecular weight is 265 g/mol. The minimum atomic E-state index is 0.0355.